The topological polar surface area (TPSA) is 42.4 Å². The van der Waals surface area contributed by atoms with Gasteiger partial charge in [0, 0.05) is 16.1 Å². The first-order valence-corrected chi connectivity index (χ1v) is 7.58. The zero-order valence-corrected chi connectivity index (χ0v) is 13.2. The van der Waals surface area contributed by atoms with Crippen molar-refractivity contribution < 1.29 is 9.53 Å². The van der Waals surface area contributed by atoms with Gasteiger partial charge in [0.25, 0.3) is 5.91 Å². The second kappa shape index (κ2) is 5.25. The molecule has 1 amide bonds. The third-order valence-corrected chi connectivity index (χ3v) is 4.26. The highest BCUT2D eigenvalue weighted by molar-refractivity contribution is 6.31. The van der Waals surface area contributed by atoms with Gasteiger partial charge in [0.05, 0.1) is 30.4 Å². The summed E-state index contributed by atoms with van der Waals surface area (Å²) in [6.45, 7) is 0.471. The normalized spacial score (nSPS) is 13.5. The second-order valence-electron chi connectivity index (χ2n) is 5.41. The summed E-state index contributed by atoms with van der Waals surface area (Å²) in [5.74, 6) is 0.718. The van der Waals surface area contributed by atoms with Crippen LogP contribution in [0.3, 0.4) is 0 Å². The number of pyridine rings is 1. The Balaban J connectivity index is 1.75. The second-order valence-corrected chi connectivity index (χ2v) is 5.85. The maximum atomic E-state index is 12.7. The van der Waals surface area contributed by atoms with Gasteiger partial charge >= 0.3 is 0 Å². The summed E-state index contributed by atoms with van der Waals surface area (Å²) < 4.78 is 5.16. The van der Waals surface area contributed by atoms with E-state index in [1.807, 2.05) is 42.5 Å². The van der Waals surface area contributed by atoms with Crippen molar-refractivity contribution in [3.63, 3.8) is 0 Å². The minimum Gasteiger partial charge on any atom is -0.497 e. The molecule has 0 saturated heterocycles. The molecule has 0 aliphatic carbocycles. The lowest BCUT2D eigenvalue weighted by atomic mass is 10.1. The molecule has 1 aromatic heterocycles. The molecule has 0 radical (unpaired) electrons. The minimum absolute atomic E-state index is 0.0421. The van der Waals surface area contributed by atoms with E-state index in [-0.39, 0.29) is 5.91 Å². The van der Waals surface area contributed by atoms with E-state index in [4.69, 9.17) is 16.3 Å². The van der Waals surface area contributed by atoms with Gasteiger partial charge in [-0.2, -0.15) is 0 Å². The number of rotatable bonds is 2. The predicted octanol–water partition coefficient (Wildman–Crippen LogP) is 4.06. The number of carbonyl (C=O) groups is 1. The summed E-state index contributed by atoms with van der Waals surface area (Å²) in [5, 5.41) is 1.51. The van der Waals surface area contributed by atoms with Crippen molar-refractivity contribution in [2.75, 3.05) is 12.0 Å². The zero-order valence-electron chi connectivity index (χ0n) is 12.4. The fraction of sp³-hybridized carbons (Fsp3) is 0.111. The third kappa shape index (κ3) is 2.32. The van der Waals surface area contributed by atoms with E-state index < -0.39 is 0 Å². The molecule has 3 aromatic rings. The molecule has 0 fully saturated rings. The molecule has 1 aliphatic heterocycles. The Morgan fingerprint density at radius 2 is 1.91 bits per heavy atom. The molecule has 0 atom stereocenters. The number of amides is 1. The molecule has 5 heteroatoms. The van der Waals surface area contributed by atoms with Crippen LogP contribution in [0.2, 0.25) is 5.02 Å². The SMILES string of the molecule is COc1ccc(N2Cc3nc4ccc(Cl)cc4cc3C2=O)cc1. The molecule has 0 saturated carbocycles. The quantitative estimate of drug-likeness (QED) is 0.714. The number of anilines is 1. The van der Waals surface area contributed by atoms with E-state index in [2.05, 4.69) is 4.98 Å². The number of hydrogen-bond acceptors (Lipinski definition) is 3. The fourth-order valence-corrected chi connectivity index (χ4v) is 3.01. The van der Waals surface area contributed by atoms with Crippen LogP contribution in [0.4, 0.5) is 5.69 Å². The van der Waals surface area contributed by atoms with Crippen LogP contribution in [0.15, 0.2) is 48.5 Å². The lowest BCUT2D eigenvalue weighted by molar-refractivity contribution is 0.0996. The van der Waals surface area contributed by atoms with Crippen LogP contribution in [-0.4, -0.2) is 18.0 Å². The van der Waals surface area contributed by atoms with Crippen molar-refractivity contribution >= 4 is 34.1 Å². The summed E-state index contributed by atoms with van der Waals surface area (Å²) >= 11 is 6.02. The predicted molar refractivity (Wildman–Crippen MR) is 90.3 cm³/mol. The molecule has 2 heterocycles. The first-order valence-electron chi connectivity index (χ1n) is 7.21. The van der Waals surface area contributed by atoms with Gasteiger partial charge in [0.1, 0.15) is 5.75 Å². The third-order valence-electron chi connectivity index (χ3n) is 4.02. The van der Waals surface area contributed by atoms with Crippen LogP contribution in [0, 0.1) is 0 Å². The van der Waals surface area contributed by atoms with E-state index in [9.17, 15) is 4.79 Å². The van der Waals surface area contributed by atoms with Gasteiger partial charge < -0.3 is 9.64 Å². The Morgan fingerprint density at radius 1 is 1.13 bits per heavy atom. The number of carbonyl (C=O) groups excluding carboxylic acids is 1. The molecular formula is C18H13ClN2O2. The first-order chi connectivity index (χ1) is 11.2. The van der Waals surface area contributed by atoms with Crippen molar-refractivity contribution in [2.45, 2.75) is 6.54 Å². The van der Waals surface area contributed by atoms with E-state index >= 15 is 0 Å². The van der Waals surface area contributed by atoms with E-state index in [0.717, 1.165) is 28.0 Å². The smallest absolute Gasteiger partial charge is 0.260 e. The van der Waals surface area contributed by atoms with Crippen molar-refractivity contribution in [3.8, 4) is 5.75 Å². The summed E-state index contributed by atoms with van der Waals surface area (Å²) in [4.78, 5) is 19.0. The lowest BCUT2D eigenvalue weighted by Crippen LogP contribution is -2.22. The maximum absolute atomic E-state index is 12.7. The van der Waals surface area contributed by atoms with Gasteiger partial charge in [-0.3, -0.25) is 9.78 Å². The highest BCUT2D eigenvalue weighted by Gasteiger charge is 2.30. The van der Waals surface area contributed by atoms with Gasteiger partial charge in [-0.05, 0) is 48.5 Å². The van der Waals surface area contributed by atoms with E-state index in [1.54, 1.807) is 18.1 Å². The zero-order chi connectivity index (χ0) is 16.0. The number of nitrogens with zero attached hydrogens (tertiary/aromatic N) is 2. The van der Waals surface area contributed by atoms with Crippen LogP contribution < -0.4 is 9.64 Å². The molecule has 1 aliphatic rings. The number of hydrogen-bond donors (Lipinski definition) is 0. The molecule has 0 N–H and O–H groups in total. The Labute approximate surface area is 138 Å². The summed E-state index contributed by atoms with van der Waals surface area (Å²) in [5.41, 5.74) is 3.10. The number of fused-ring (bicyclic) bond motifs is 2. The molecule has 0 bridgehead atoms. The van der Waals surface area contributed by atoms with E-state index in [0.29, 0.717) is 17.1 Å². The van der Waals surface area contributed by atoms with Crippen molar-refractivity contribution in [1.82, 2.24) is 4.98 Å². The van der Waals surface area contributed by atoms with Gasteiger partial charge in [0.15, 0.2) is 0 Å². The Kier molecular flexibility index (Phi) is 3.20. The van der Waals surface area contributed by atoms with Crippen molar-refractivity contribution in [1.29, 1.82) is 0 Å². The Bertz CT molecular complexity index is 922. The largest absolute Gasteiger partial charge is 0.497 e. The Hall–Kier alpha value is -2.59. The van der Waals surface area contributed by atoms with E-state index in [1.165, 1.54) is 0 Å². The average molecular weight is 325 g/mol. The van der Waals surface area contributed by atoms with Gasteiger partial charge in [-0.25, -0.2) is 0 Å². The average Bonchev–Trinajstić information content (AvgIpc) is 2.89. The van der Waals surface area contributed by atoms with Gasteiger partial charge in [-0.1, -0.05) is 11.6 Å². The van der Waals surface area contributed by atoms with Crippen LogP contribution in [-0.2, 0) is 6.54 Å². The highest BCUT2D eigenvalue weighted by Crippen LogP contribution is 2.31. The lowest BCUT2D eigenvalue weighted by Gasteiger charge is -2.15. The fourth-order valence-electron chi connectivity index (χ4n) is 2.83. The van der Waals surface area contributed by atoms with Crippen molar-refractivity contribution in [2.24, 2.45) is 0 Å². The van der Waals surface area contributed by atoms with Crippen LogP contribution >= 0.6 is 11.6 Å². The number of ether oxygens (including phenoxy) is 1. The highest BCUT2D eigenvalue weighted by atomic mass is 35.5. The van der Waals surface area contributed by atoms with Gasteiger partial charge in [0.2, 0.25) is 0 Å². The summed E-state index contributed by atoms with van der Waals surface area (Å²) in [6, 6.07) is 14.8. The number of methoxy groups -OCH3 is 1. The molecule has 0 spiro atoms. The molecular weight excluding hydrogens is 312 g/mol. The van der Waals surface area contributed by atoms with Gasteiger partial charge in [-0.15, -0.1) is 0 Å². The molecule has 2 aromatic carbocycles. The standard InChI is InChI=1S/C18H13ClN2O2/c1-23-14-5-3-13(4-6-14)21-10-17-15(18(21)22)9-11-8-12(19)2-7-16(11)20-17/h2-9H,10H2,1H3. The number of benzene rings is 2. The molecule has 23 heavy (non-hydrogen) atoms. The molecule has 114 valence electrons. The molecule has 0 unspecified atom stereocenters. The number of halogens is 1. The summed E-state index contributed by atoms with van der Waals surface area (Å²) in [7, 11) is 1.62. The van der Waals surface area contributed by atoms with Crippen LogP contribution in [0.1, 0.15) is 16.1 Å². The Morgan fingerprint density at radius 3 is 2.65 bits per heavy atom. The maximum Gasteiger partial charge on any atom is 0.260 e. The number of aromatic nitrogens is 1. The van der Waals surface area contributed by atoms with Crippen molar-refractivity contribution in [3.05, 3.63) is 64.8 Å². The monoisotopic (exact) mass is 324 g/mol. The minimum atomic E-state index is -0.0421. The summed E-state index contributed by atoms with van der Waals surface area (Å²) in [6.07, 6.45) is 0. The first kappa shape index (κ1) is 14.0. The van der Waals surface area contributed by atoms with Crippen LogP contribution in [0.5, 0.6) is 5.75 Å². The molecule has 4 rings (SSSR count). The molecule has 4 nitrogen and oxygen atoms in total. The van der Waals surface area contributed by atoms with Crippen LogP contribution in [0.25, 0.3) is 10.9 Å².